The van der Waals surface area contributed by atoms with Crippen molar-refractivity contribution in [3.63, 3.8) is 0 Å². The normalized spacial score (nSPS) is 23.9. The lowest BCUT2D eigenvalue weighted by Gasteiger charge is -2.35. The van der Waals surface area contributed by atoms with Gasteiger partial charge in [0.05, 0.1) is 18.0 Å². The van der Waals surface area contributed by atoms with Crippen LogP contribution in [0.2, 0.25) is 5.02 Å². The molecule has 21 heavy (non-hydrogen) atoms. The summed E-state index contributed by atoms with van der Waals surface area (Å²) in [5, 5.41) is 0.590. The quantitative estimate of drug-likeness (QED) is 0.851. The first-order valence-electron chi connectivity index (χ1n) is 6.97. The fraction of sp³-hybridized carbons (Fsp3) is 0.533. The van der Waals surface area contributed by atoms with Crippen molar-refractivity contribution in [2.45, 2.75) is 31.8 Å². The van der Waals surface area contributed by atoms with Crippen LogP contribution < -0.4 is 0 Å². The Balaban J connectivity index is 1.90. The summed E-state index contributed by atoms with van der Waals surface area (Å²) in [6, 6.07) is 7.28. The second-order valence-electron chi connectivity index (χ2n) is 5.38. The van der Waals surface area contributed by atoms with Crippen LogP contribution in [0.1, 0.15) is 19.4 Å². The highest BCUT2D eigenvalue weighted by Gasteiger charge is 2.26. The summed E-state index contributed by atoms with van der Waals surface area (Å²) in [6.07, 6.45) is 0.0457. The van der Waals surface area contributed by atoms with Gasteiger partial charge in [0.25, 0.3) is 0 Å². The highest BCUT2D eigenvalue weighted by atomic mass is 35.5. The number of ether oxygens (including phenoxy) is 1. The molecule has 0 unspecified atom stereocenters. The molecule has 0 radical (unpaired) electrons. The van der Waals surface area contributed by atoms with Gasteiger partial charge in [-0.25, -0.2) is 0 Å². The van der Waals surface area contributed by atoms with Crippen LogP contribution in [0.15, 0.2) is 24.3 Å². The molecule has 6 heteroatoms. The first-order valence-corrected chi connectivity index (χ1v) is 8.84. The lowest BCUT2D eigenvalue weighted by atomic mass is 10.2. The Hall–Kier alpha value is -0.910. The van der Waals surface area contributed by atoms with Crippen molar-refractivity contribution in [2.75, 3.05) is 18.8 Å². The standard InChI is InChI=1S/C15H20ClNO3S/c1-11-7-17(8-12(2)20-11)15(18)10-21(19)9-13-5-3-4-6-14(13)16/h3-6,11-12H,7-10H2,1-2H3/t11-,12-,21-/m1/s1. The molecule has 0 aromatic heterocycles. The third kappa shape index (κ3) is 4.80. The zero-order chi connectivity index (χ0) is 15.4. The number of hydrogen-bond donors (Lipinski definition) is 0. The predicted octanol–water partition coefficient (Wildman–Crippen LogP) is 2.22. The molecule has 3 atom stereocenters. The van der Waals surface area contributed by atoms with E-state index in [1.54, 1.807) is 11.0 Å². The molecule has 1 aliphatic rings. The maximum atomic E-state index is 12.2. The number of morpholine rings is 1. The first kappa shape index (κ1) is 16.5. The molecule has 1 aromatic rings. The second kappa shape index (κ2) is 7.38. The van der Waals surface area contributed by atoms with E-state index in [-0.39, 0.29) is 23.9 Å². The molecule has 1 heterocycles. The fourth-order valence-electron chi connectivity index (χ4n) is 2.45. The molecule has 0 saturated carbocycles. The van der Waals surface area contributed by atoms with Gasteiger partial charge in [0, 0.05) is 28.9 Å². The Morgan fingerprint density at radius 3 is 2.57 bits per heavy atom. The minimum Gasteiger partial charge on any atom is -0.372 e. The topological polar surface area (TPSA) is 46.6 Å². The van der Waals surface area contributed by atoms with Crippen molar-refractivity contribution in [1.82, 2.24) is 4.90 Å². The van der Waals surface area contributed by atoms with Crippen molar-refractivity contribution < 1.29 is 13.7 Å². The third-order valence-electron chi connectivity index (χ3n) is 3.33. The molecule has 1 aromatic carbocycles. The molecule has 1 aliphatic heterocycles. The van der Waals surface area contributed by atoms with Gasteiger partial charge in [-0.15, -0.1) is 0 Å². The average Bonchev–Trinajstić information content (AvgIpc) is 2.40. The molecular formula is C15H20ClNO3S. The van der Waals surface area contributed by atoms with E-state index in [0.29, 0.717) is 23.9 Å². The van der Waals surface area contributed by atoms with Crippen molar-refractivity contribution in [3.8, 4) is 0 Å². The Bertz CT molecular complexity index is 527. The predicted molar refractivity (Wildman–Crippen MR) is 84.8 cm³/mol. The number of nitrogens with zero attached hydrogens (tertiary/aromatic N) is 1. The molecule has 0 aliphatic carbocycles. The second-order valence-corrected chi connectivity index (χ2v) is 7.24. The van der Waals surface area contributed by atoms with Crippen molar-refractivity contribution >= 4 is 28.3 Å². The molecule has 116 valence electrons. The minimum absolute atomic E-state index is 0.0229. The average molecular weight is 330 g/mol. The van der Waals surface area contributed by atoms with E-state index in [1.165, 1.54) is 0 Å². The van der Waals surface area contributed by atoms with Crippen molar-refractivity contribution in [3.05, 3.63) is 34.9 Å². The lowest BCUT2D eigenvalue weighted by Crippen LogP contribution is -2.49. The van der Waals surface area contributed by atoms with Crippen LogP contribution in [-0.2, 0) is 26.1 Å². The molecule has 1 saturated heterocycles. The SMILES string of the molecule is C[C@@H]1CN(C(=O)C[S@](=O)Cc2ccccc2Cl)C[C@@H](C)O1. The van der Waals surface area contributed by atoms with Gasteiger partial charge in [-0.3, -0.25) is 9.00 Å². The monoisotopic (exact) mass is 329 g/mol. The van der Waals surface area contributed by atoms with Gasteiger partial charge in [-0.2, -0.15) is 0 Å². The molecule has 1 amide bonds. The third-order valence-corrected chi connectivity index (χ3v) is 4.90. The summed E-state index contributed by atoms with van der Waals surface area (Å²) >= 11 is 6.05. The molecular weight excluding hydrogens is 310 g/mol. The molecule has 4 nitrogen and oxygen atoms in total. The summed E-state index contributed by atoms with van der Waals surface area (Å²) in [7, 11) is -1.25. The molecule has 0 bridgehead atoms. The zero-order valence-corrected chi connectivity index (χ0v) is 13.8. The van der Waals surface area contributed by atoms with Crippen LogP contribution in [0.4, 0.5) is 0 Å². The summed E-state index contributed by atoms with van der Waals surface area (Å²) in [5.41, 5.74) is 0.814. The number of rotatable bonds is 4. The van der Waals surface area contributed by atoms with Crippen LogP contribution in [0.25, 0.3) is 0 Å². The highest BCUT2D eigenvalue weighted by molar-refractivity contribution is 7.84. The van der Waals surface area contributed by atoms with Crippen molar-refractivity contribution in [2.24, 2.45) is 0 Å². The van der Waals surface area contributed by atoms with E-state index in [2.05, 4.69) is 0 Å². The van der Waals surface area contributed by atoms with Gasteiger partial charge >= 0.3 is 0 Å². The van der Waals surface area contributed by atoms with Gasteiger partial charge in [0.1, 0.15) is 5.75 Å². The van der Waals surface area contributed by atoms with Gasteiger partial charge in [0.15, 0.2) is 0 Å². The summed E-state index contributed by atoms with van der Waals surface area (Å²) in [4.78, 5) is 14.0. The summed E-state index contributed by atoms with van der Waals surface area (Å²) < 4.78 is 17.8. The van der Waals surface area contributed by atoms with E-state index in [4.69, 9.17) is 16.3 Å². The number of amides is 1. The van der Waals surface area contributed by atoms with Crippen LogP contribution in [0.5, 0.6) is 0 Å². The molecule has 1 fully saturated rings. The van der Waals surface area contributed by atoms with E-state index in [1.807, 2.05) is 32.0 Å². The Morgan fingerprint density at radius 1 is 1.33 bits per heavy atom. The smallest absolute Gasteiger partial charge is 0.235 e. The van der Waals surface area contributed by atoms with Gasteiger partial charge in [-0.1, -0.05) is 29.8 Å². The molecule has 0 N–H and O–H groups in total. The van der Waals surface area contributed by atoms with Crippen LogP contribution in [0, 0.1) is 0 Å². The summed E-state index contributed by atoms with van der Waals surface area (Å²) in [6.45, 7) is 5.01. The Morgan fingerprint density at radius 2 is 1.95 bits per heavy atom. The van der Waals surface area contributed by atoms with E-state index >= 15 is 0 Å². The van der Waals surface area contributed by atoms with Gasteiger partial charge < -0.3 is 9.64 Å². The first-order chi connectivity index (χ1) is 9.95. The molecule has 2 rings (SSSR count). The van der Waals surface area contributed by atoms with Crippen molar-refractivity contribution in [1.29, 1.82) is 0 Å². The van der Waals surface area contributed by atoms with Crippen LogP contribution in [0.3, 0.4) is 0 Å². The van der Waals surface area contributed by atoms with E-state index < -0.39 is 10.8 Å². The highest BCUT2D eigenvalue weighted by Crippen LogP contribution is 2.17. The zero-order valence-electron chi connectivity index (χ0n) is 12.3. The number of halogens is 1. The van der Waals surface area contributed by atoms with Crippen LogP contribution >= 0.6 is 11.6 Å². The number of carbonyl (C=O) groups is 1. The Kier molecular flexibility index (Phi) is 5.79. The van der Waals surface area contributed by atoms with Gasteiger partial charge in [-0.05, 0) is 25.5 Å². The van der Waals surface area contributed by atoms with Gasteiger partial charge in [0.2, 0.25) is 5.91 Å². The number of benzene rings is 1. The maximum Gasteiger partial charge on any atom is 0.235 e. The fourth-order valence-corrected chi connectivity index (χ4v) is 3.89. The van der Waals surface area contributed by atoms with E-state index in [0.717, 1.165) is 5.56 Å². The molecule has 0 spiro atoms. The lowest BCUT2D eigenvalue weighted by molar-refractivity contribution is -0.140. The van der Waals surface area contributed by atoms with Crippen LogP contribution in [-0.4, -0.2) is 46.1 Å². The number of hydrogen-bond acceptors (Lipinski definition) is 3. The number of carbonyl (C=O) groups excluding carboxylic acids is 1. The summed E-state index contributed by atoms with van der Waals surface area (Å²) in [5.74, 6) is 0.258. The maximum absolute atomic E-state index is 12.2. The largest absolute Gasteiger partial charge is 0.372 e. The minimum atomic E-state index is -1.25. The Labute approximate surface area is 132 Å². The van der Waals surface area contributed by atoms with E-state index in [9.17, 15) is 9.00 Å².